The van der Waals surface area contributed by atoms with Crippen LogP contribution >= 0.6 is 0 Å². The first kappa shape index (κ1) is 20.8. The lowest BCUT2D eigenvalue weighted by molar-refractivity contribution is 0.0548. The molecule has 0 radical (unpaired) electrons. The molecule has 5 rings (SSSR count). The van der Waals surface area contributed by atoms with Crippen molar-refractivity contribution in [1.29, 1.82) is 0 Å². The second-order valence-corrected chi connectivity index (χ2v) is 8.43. The van der Waals surface area contributed by atoms with Crippen LogP contribution in [-0.2, 0) is 4.74 Å². The Morgan fingerprint density at radius 3 is 2.34 bits per heavy atom. The van der Waals surface area contributed by atoms with Gasteiger partial charge < -0.3 is 14.5 Å². The molecule has 0 bridgehead atoms. The van der Waals surface area contributed by atoms with Gasteiger partial charge in [0, 0.05) is 38.1 Å². The molecule has 1 aromatic carbocycles. The van der Waals surface area contributed by atoms with E-state index in [4.69, 9.17) is 9.84 Å². The molecule has 2 fully saturated rings. The van der Waals surface area contributed by atoms with Gasteiger partial charge in [-0.05, 0) is 47.8 Å². The lowest BCUT2D eigenvalue weighted by atomic mass is 10.1. The third-order valence-corrected chi connectivity index (χ3v) is 6.35. The third kappa shape index (κ3) is 4.86. The monoisotopic (exact) mass is 429 g/mol. The van der Waals surface area contributed by atoms with Crippen molar-refractivity contribution in [2.75, 3.05) is 57.4 Å². The van der Waals surface area contributed by atoms with Crippen LogP contribution < -0.4 is 4.90 Å². The van der Waals surface area contributed by atoms with Gasteiger partial charge in [0.15, 0.2) is 0 Å². The number of hydrogen-bond acceptors (Lipinski definition) is 6. The van der Waals surface area contributed by atoms with E-state index < -0.39 is 0 Å². The minimum absolute atomic E-state index is 0.794. The lowest BCUT2D eigenvalue weighted by Crippen LogP contribution is -2.44. The number of pyridine rings is 1. The smallest absolute Gasteiger partial charge is 0.128 e. The van der Waals surface area contributed by atoms with Crippen LogP contribution in [0.1, 0.15) is 18.4 Å². The Kier molecular flexibility index (Phi) is 6.49. The van der Waals surface area contributed by atoms with Crippen molar-refractivity contribution >= 4 is 18.1 Å². The molecule has 32 heavy (non-hydrogen) atoms. The standard InChI is InChI=1S/C26H31N5O/c1-2-6-22(7-3-1)20-23-9-10-24(26(23)30-16-18-32-19-17-30)21-28-31-14-12-29(13-15-31)25-8-4-5-11-27-25/h1-8,11,20-21H,9-10,12-19H2/b23-20-,28-21?. The van der Waals surface area contributed by atoms with Crippen LogP contribution in [0.4, 0.5) is 5.82 Å². The summed E-state index contributed by atoms with van der Waals surface area (Å²) >= 11 is 0. The first-order chi connectivity index (χ1) is 15.9. The molecule has 0 atom stereocenters. The number of morpholine rings is 1. The molecule has 1 aliphatic carbocycles. The number of anilines is 1. The van der Waals surface area contributed by atoms with Gasteiger partial charge in [-0.3, -0.25) is 5.01 Å². The fraction of sp³-hybridized carbons (Fsp3) is 0.385. The van der Waals surface area contributed by atoms with Gasteiger partial charge in [0.05, 0.1) is 32.5 Å². The van der Waals surface area contributed by atoms with Crippen LogP contribution in [0.5, 0.6) is 0 Å². The summed E-state index contributed by atoms with van der Waals surface area (Å²) in [6.07, 6.45) is 8.43. The molecule has 0 unspecified atom stereocenters. The zero-order valence-electron chi connectivity index (χ0n) is 18.6. The predicted octanol–water partition coefficient (Wildman–Crippen LogP) is 3.65. The Bertz CT molecular complexity index is 972. The van der Waals surface area contributed by atoms with Crippen molar-refractivity contribution < 1.29 is 4.74 Å². The van der Waals surface area contributed by atoms with E-state index in [1.807, 2.05) is 18.3 Å². The molecule has 166 valence electrons. The normalized spacial score (nSPS) is 21.2. The molecular formula is C26H31N5O. The van der Waals surface area contributed by atoms with E-state index in [2.05, 4.69) is 68.5 Å². The molecule has 0 N–H and O–H groups in total. The van der Waals surface area contributed by atoms with E-state index in [-0.39, 0.29) is 0 Å². The molecule has 2 aliphatic heterocycles. The van der Waals surface area contributed by atoms with Crippen molar-refractivity contribution in [3.8, 4) is 0 Å². The quantitative estimate of drug-likeness (QED) is 0.679. The number of aromatic nitrogens is 1. The van der Waals surface area contributed by atoms with E-state index in [9.17, 15) is 0 Å². The molecule has 6 nitrogen and oxygen atoms in total. The van der Waals surface area contributed by atoms with E-state index in [1.54, 1.807) is 0 Å². The van der Waals surface area contributed by atoms with Crippen molar-refractivity contribution in [2.45, 2.75) is 12.8 Å². The number of piperazine rings is 1. The maximum atomic E-state index is 5.61. The van der Waals surface area contributed by atoms with E-state index in [1.165, 1.54) is 22.4 Å². The summed E-state index contributed by atoms with van der Waals surface area (Å²) in [5.41, 5.74) is 5.39. The Balaban J connectivity index is 1.31. The lowest BCUT2D eigenvalue weighted by Gasteiger charge is -2.34. The van der Waals surface area contributed by atoms with Crippen LogP contribution in [0.15, 0.2) is 76.7 Å². The van der Waals surface area contributed by atoms with Crippen molar-refractivity contribution in [3.05, 3.63) is 77.1 Å². The zero-order chi connectivity index (χ0) is 21.6. The number of hydrogen-bond donors (Lipinski definition) is 0. The number of hydrazone groups is 1. The van der Waals surface area contributed by atoms with Crippen molar-refractivity contribution in [3.63, 3.8) is 0 Å². The Morgan fingerprint density at radius 2 is 1.59 bits per heavy atom. The fourth-order valence-corrected chi connectivity index (χ4v) is 4.65. The number of rotatable bonds is 5. The molecule has 2 saturated heterocycles. The first-order valence-corrected chi connectivity index (χ1v) is 11.6. The summed E-state index contributed by atoms with van der Waals surface area (Å²) in [5.74, 6) is 1.06. The molecule has 3 aliphatic rings. The Labute approximate surface area is 190 Å². The van der Waals surface area contributed by atoms with Crippen LogP contribution in [0.2, 0.25) is 0 Å². The number of allylic oxidation sites excluding steroid dienone is 2. The van der Waals surface area contributed by atoms with E-state index >= 15 is 0 Å². The second-order valence-electron chi connectivity index (χ2n) is 8.43. The SMILES string of the molecule is C(=NN1CCN(c2ccccn2)CC1)C1=C(N2CCOCC2)/C(=C\c2ccccc2)CC1. The second kappa shape index (κ2) is 10.0. The number of benzene rings is 1. The van der Waals surface area contributed by atoms with Crippen molar-refractivity contribution in [1.82, 2.24) is 14.9 Å². The van der Waals surface area contributed by atoms with Crippen molar-refractivity contribution in [2.24, 2.45) is 5.10 Å². The highest BCUT2D eigenvalue weighted by Gasteiger charge is 2.26. The minimum atomic E-state index is 0.794. The first-order valence-electron chi connectivity index (χ1n) is 11.6. The Morgan fingerprint density at radius 1 is 0.812 bits per heavy atom. The predicted molar refractivity (Wildman–Crippen MR) is 130 cm³/mol. The largest absolute Gasteiger partial charge is 0.378 e. The molecular weight excluding hydrogens is 398 g/mol. The minimum Gasteiger partial charge on any atom is -0.378 e. The topological polar surface area (TPSA) is 44.2 Å². The number of ether oxygens (including phenoxy) is 1. The molecule has 3 heterocycles. The summed E-state index contributed by atoms with van der Waals surface area (Å²) in [7, 11) is 0. The van der Waals surface area contributed by atoms with Crippen LogP contribution in [0, 0.1) is 0 Å². The summed E-state index contributed by atoms with van der Waals surface area (Å²) in [6.45, 7) is 7.21. The molecule has 0 saturated carbocycles. The van der Waals surface area contributed by atoms with Crippen LogP contribution in [-0.4, -0.2) is 73.6 Å². The molecule has 0 amide bonds. The van der Waals surface area contributed by atoms with Gasteiger partial charge in [0.25, 0.3) is 0 Å². The van der Waals surface area contributed by atoms with Gasteiger partial charge in [0.2, 0.25) is 0 Å². The maximum absolute atomic E-state index is 5.61. The Hall–Kier alpha value is -3.12. The zero-order valence-corrected chi connectivity index (χ0v) is 18.6. The van der Waals surface area contributed by atoms with E-state index in [0.717, 1.165) is 71.1 Å². The van der Waals surface area contributed by atoms with Crippen LogP contribution in [0.25, 0.3) is 6.08 Å². The van der Waals surface area contributed by atoms with Crippen LogP contribution in [0.3, 0.4) is 0 Å². The highest BCUT2D eigenvalue weighted by atomic mass is 16.5. The van der Waals surface area contributed by atoms with Gasteiger partial charge in [0.1, 0.15) is 5.82 Å². The molecule has 2 aromatic rings. The molecule has 0 spiro atoms. The molecule has 6 heteroatoms. The summed E-state index contributed by atoms with van der Waals surface area (Å²) in [4.78, 5) is 9.31. The number of nitrogens with zero attached hydrogens (tertiary/aromatic N) is 5. The van der Waals surface area contributed by atoms with Gasteiger partial charge in [-0.2, -0.15) is 5.10 Å². The third-order valence-electron chi connectivity index (χ3n) is 6.35. The fourth-order valence-electron chi connectivity index (χ4n) is 4.65. The summed E-state index contributed by atoms with van der Waals surface area (Å²) in [5, 5.41) is 7.09. The average Bonchev–Trinajstić information content (AvgIpc) is 3.27. The average molecular weight is 430 g/mol. The van der Waals surface area contributed by atoms with Gasteiger partial charge in [-0.15, -0.1) is 0 Å². The van der Waals surface area contributed by atoms with Gasteiger partial charge >= 0.3 is 0 Å². The van der Waals surface area contributed by atoms with Gasteiger partial charge in [-0.25, -0.2) is 4.98 Å². The summed E-state index contributed by atoms with van der Waals surface area (Å²) < 4.78 is 5.61. The van der Waals surface area contributed by atoms with E-state index in [0.29, 0.717) is 0 Å². The highest BCUT2D eigenvalue weighted by molar-refractivity contribution is 5.83. The highest BCUT2D eigenvalue weighted by Crippen LogP contribution is 2.35. The van der Waals surface area contributed by atoms with Gasteiger partial charge in [-0.1, -0.05) is 36.4 Å². The maximum Gasteiger partial charge on any atom is 0.128 e. The molecule has 1 aromatic heterocycles. The summed E-state index contributed by atoms with van der Waals surface area (Å²) in [6, 6.07) is 16.7.